The number of halogens is 2. The molecule has 1 fully saturated rings. The first-order chi connectivity index (χ1) is 15.6. The Morgan fingerprint density at radius 1 is 1.36 bits per heavy atom. The zero-order valence-electron chi connectivity index (χ0n) is 18.0. The molecule has 0 aliphatic carbocycles. The molecule has 3 N–H and O–H groups in total. The van der Waals surface area contributed by atoms with Crippen molar-refractivity contribution in [3.63, 3.8) is 0 Å². The van der Waals surface area contributed by atoms with Crippen molar-refractivity contribution in [2.45, 2.75) is 44.6 Å². The first kappa shape index (κ1) is 25.0. The van der Waals surface area contributed by atoms with E-state index in [1.165, 1.54) is 12.3 Å². The van der Waals surface area contributed by atoms with Crippen molar-refractivity contribution in [3.8, 4) is 5.75 Å². The fourth-order valence-corrected chi connectivity index (χ4v) is 3.97. The molecule has 1 aromatic carbocycles. The number of anilines is 1. The lowest BCUT2D eigenvalue weighted by molar-refractivity contribution is -0.145. The van der Waals surface area contributed by atoms with Crippen LogP contribution in [0.15, 0.2) is 47.4 Å². The molecule has 3 atom stereocenters. The average Bonchev–Trinajstić information content (AvgIpc) is 3.04. The molecule has 0 spiro atoms. The number of nitrogen functional groups attached to an aromatic ring is 1. The summed E-state index contributed by atoms with van der Waals surface area (Å²) in [6, 6.07) is 9.87. The van der Waals surface area contributed by atoms with Crippen LogP contribution in [-0.4, -0.2) is 46.8 Å². The zero-order chi connectivity index (χ0) is 24.0. The summed E-state index contributed by atoms with van der Waals surface area (Å²) < 4.78 is 51.8. The van der Waals surface area contributed by atoms with Gasteiger partial charge in [0.25, 0.3) is 5.92 Å². The third kappa shape index (κ3) is 7.16. The minimum absolute atomic E-state index is 0.0216. The third-order valence-corrected chi connectivity index (χ3v) is 5.57. The molecule has 13 heteroatoms. The van der Waals surface area contributed by atoms with Crippen LogP contribution in [0, 0.1) is 0 Å². The number of rotatable bonds is 10. The van der Waals surface area contributed by atoms with Gasteiger partial charge < -0.3 is 24.3 Å². The fourth-order valence-electron chi connectivity index (χ4n) is 2.92. The summed E-state index contributed by atoms with van der Waals surface area (Å²) in [7, 11) is -1.99. The van der Waals surface area contributed by atoms with Crippen molar-refractivity contribution in [2.75, 3.05) is 18.9 Å². The molecule has 1 aliphatic rings. The zero-order valence-corrected chi connectivity index (χ0v) is 18.9. The topological polar surface area (TPSA) is 127 Å². The number of carbonyl (C=O) groups is 1. The minimum atomic E-state index is -3.28. The molecule has 3 rings (SSSR count). The standard InChI is InChI=1S/C20H25F2N4O6P/c1-13(2)30-18(27)11-24-33(32-14-6-4-3-5-7-14)29-12-15-20(21,22)10-17(31-15)26-9-8-16(23)25-19(26)28/h3-9,13,15,17,24H,10-12H2,1-2H3,(H2,23,25,28). The monoisotopic (exact) mass is 486 g/mol. The number of esters is 1. The molecule has 10 nitrogen and oxygen atoms in total. The van der Waals surface area contributed by atoms with Crippen molar-refractivity contribution in [1.29, 1.82) is 0 Å². The Bertz CT molecular complexity index is 994. The van der Waals surface area contributed by atoms with Crippen LogP contribution in [-0.2, 0) is 18.8 Å². The van der Waals surface area contributed by atoms with E-state index in [0.717, 1.165) is 4.57 Å². The Morgan fingerprint density at radius 2 is 2.09 bits per heavy atom. The van der Waals surface area contributed by atoms with Crippen LogP contribution >= 0.6 is 8.53 Å². The number of nitrogens with one attached hydrogen (secondary N) is 1. The normalized spacial score (nSPS) is 20.5. The van der Waals surface area contributed by atoms with Crippen LogP contribution in [0.4, 0.5) is 14.6 Å². The second-order valence-electron chi connectivity index (χ2n) is 7.42. The number of hydrogen-bond acceptors (Lipinski definition) is 9. The molecular weight excluding hydrogens is 461 g/mol. The number of nitrogens with zero attached hydrogens (tertiary/aromatic N) is 2. The van der Waals surface area contributed by atoms with Gasteiger partial charge in [0, 0.05) is 6.20 Å². The van der Waals surface area contributed by atoms with Crippen LogP contribution in [0.1, 0.15) is 26.5 Å². The van der Waals surface area contributed by atoms with Gasteiger partial charge in [-0.25, -0.2) is 18.7 Å². The number of alkyl halides is 2. The first-order valence-corrected chi connectivity index (χ1v) is 11.3. The molecule has 0 bridgehead atoms. The van der Waals surface area contributed by atoms with Gasteiger partial charge in [-0.15, -0.1) is 0 Å². The lowest BCUT2D eigenvalue weighted by Gasteiger charge is -2.22. The van der Waals surface area contributed by atoms with E-state index in [1.807, 2.05) is 0 Å². The van der Waals surface area contributed by atoms with Gasteiger partial charge in [-0.05, 0) is 32.0 Å². The van der Waals surface area contributed by atoms with Gasteiger partial charge in [-0.3, -0.25) is 9.36 Å². The van der Waals surface area contributed by atoms with Crippen molar-refractivity contribution < 1.29 is 32.1 Å². The number of benzene rings is 1. The van der Waals surface area contributed by atoms with Crippen LogP contribution < -0.4 is 21.0 Å². The number of aromatic nitrogens is 2. The van der Waals surface area contributed by atoms with Gasteiger partial charge in [0.2, 0.25) is 0 Å². The summed E-state index contributed by atoms with van der Waals surface area (Å²) in [5.74, 6) is -3.43. The second-order valence-corrected chi connectivity index (χ2v) is 8.69. The van der Waals surface area contributed by atoms with E-state index in [-0.39, 0.29) is 18.5 Å². The summed E-state index contributed by atoms with van der Waals surface area (Å²) in [6.07, 6.45) is -2.68. The maximum Gasteiger partial charge on any atom is 0.351 e. The molecule has 0 amide bonds. The van der Waals surface area contributed by atoms with Crippen LogP contribution in [0.2, 0.25) is 0 Å². The number of carbonyl (C=O) groups excluding carboxylic acids is 1. The maximum atomic E-state index is 14.6. The molecule has 0 saturated carbocycles. The molecule has 1 saturated heterocycles. The van der Waals surface area contributed by atoms with E-state index >= 15 is 0 Å². The summed E-state index contributed by atoms with van der Waals surface area (Å²) >= 11 is 0. The third-order valence-electron chi connectivity index (χ3n) is 4.40. The van der Waals surface area contributed by atoms with E-state index in [1.54, 1.807) is 44.2 Å². The molecule has 1 aromatic heterocycles. The molecule has 1 aliphatic heterocycles. The van der Waals surface area contributed by atoms with Crippen molar-refractivity contribution in [3.05, 3.63) is 53.1 Å². The van der Waals surface area contributed by atoms with Crippen LogP contribution in [0.5, 0.6) is 5.75 Å². The lowest BCUT2D eigenvalue weighted by atomic mass is 10.2. The number of ether oxygens (including phenoxy) is 2. The molecule has 3 unspecified atom stereocenters. The average molecular weight is 486 g/mol. The van der Waals surface area contributed by atoms with E-state index in [9.17, 15) is 18.4 Å². The van der Waals surface area contributed by atoms with Gasteiger partial charge in [0.05, 0.1) is 19.1 Å². The van der Waals surface area contributed by atoms with Gasteiger partial charge in [-0.2, -0.15) is 4.98 Å². The predicted molar refractivity (Wildman–Crippen MR) is 116 cm³/mol. The first-order valence-electron chi connectivity index (χ1n) is 10.1. The summed E-state index contributed by atoms with van der Waals surface area (Å²) in [4.78, 5) is 27.4. The van der Waals surface area contributed by atoms with Gasteiger partial charge in [0.1, 0.15) is 30.4 Å². The van der Waals surface area contributed by atoms with Crippen molar-refractivity contribution in [1.82, 2.24) is 14.6 Å². The smallest absolute Gasteiger partial charge is 0.351 e. The Morgan fingerprint density at radius 3 is 2.76 bits per heavy atom. The van der Waals surface area contributed by atoms with Crippen molar-refractivity contribution >= 4 is 20.3 Å². The highest BCUT2D eigenvalue weighted by atomic mass is 31.2. The largest absolute Gasteiger partial charge is 0.462 e. The van der Waals surface area contributed by atoms with E-state index < -0.39 is 51.5 Å². The van der Waals surface area contributed by atoms with E-state index in [4.69, 9.17) is 24.3 Å². The predicted octanol–water partition coefficient (Wildman–Crippen LogP) is 2.61. The Hall–Kier alpha value is -2.66. The Labute approximate surface area is 190 Å². The number of hydrogen-bond donors (Lipinski definition) is 2. The van der Waals surface area contributed by atoms with Crippen LogP contribution in [0.3, 0.4) is 0 Å². The summed E-state index contributed by atoms with van der Waals surface area (Å²) in [5.41, 5.74) is 4.65. The SMILES string of the molecule is CC(C)OC(=O)CNP(OCC1OC(n2ccc(N)nc2=O)CC1(F)F)Oc1ccccc1. The van der Waals surface area contributed by atoms with E-state index in [0.29, 0.717) is 5.75 Å². The molecule has 2 aromatic rings. The van der Waals surface area contributed by atoms with Gasteiger partial charge in [0.15, 0.2) is 0 Å². The summed E-state index contributed by atoms with van der Waals surface area (Å²) in [6.45, 7) is 2.62. The van der Waals surface area contributed by atoms with Gasteiger partial charge >= 0.3 is 20.2 Å². The van der Waals surface area contributed by atoms with Crippen LogP contribution in [0.25, 0.3) is 0 Å². The van der Waals surface area contributed by atoms with E-state index in [2.05, 4.69) is 10.1 Å². The Kier molecular flexibility index (Phi) is 8.30. The second kappa shape index (κ2) is 11.0. The number of para-hydroxylation sites is 1. The quantitative estimate of drug-likeness (QED) is 0.385. The molecule has 2 heterocycles. The highest BCUT2D eigenvalue weighted by molar-refractivity contribution is 7.45. The Balaban J connectivity index is 1.65. The summed E-state index contributed by atoms with van der Waals surface area (Å²) in [5, 5.41) is 2.75. The highest BCUT2D eigenvalue weighted by Gasteiger charge is 2.51. The van der Waals surface area contributed by atoms with Gasteiger partial charge in [-0.1, -0.05) is 18.2 Å². The number of nitrogens with two attached hydrogens (primary N) is 1. The minimum Gasteiger partial charge on any atom is -0.462 e. The van der Waals surface area contributed by atoms with Crippen molar-refractivity contribution in [2.24, 2.45) is 0 Å². The molecule has 33 heavy (non-hydrogen) atoms. The fraction of sp³-hybridized carbons (Fsp3) is 0.450. The maximum absolute atomic E-state index is 14.6. The molecule has 180 valence electrons. The molecular formula is C20H25F2N4O6P. The lowest BCUT2D eigenvalue weighted by Crippen LogP contribution is -2.33. The molecule has 0 radical (unpaired) electrons. The highest BCUT2D eigenvalue weighted by Crippen LogP contribution is 2.43.